The largest absolute Gasteiger partial charge is 0.481 e. The van der Waals surface area contributed by atoms with Gasteiger partial charge in [0.25, 0.3) is 0 Å². The first-order valence-electron chi connectivity index (χ1n) is 5.03. The highest BCUT2D eigenvalue weighted by Gasteiger charge is 2.35. The minimum absolute atomic E-state index is 0.00595. The van der Waals surface area contributed by atoms with Crippen molar-refractivity contribution in [1.82, 2.24) is 0 Å². The molecule has 0 heterocycles. The number of carboxylic acid groups (broad SMARTS) is 1. The number of carbonyl (C=O) groups is 2. The molecular weight excluding hydrogens is 196 g/mol. The second-order valence-electron chi connectivity index (χ2n) is 4.77. The average Bonchev–Trinajstić information content (AvgIpc) is 2.11. The fraction of sp³-hybridized carbons (Fsp3) is 0.818. The van der Waals surface area contributed by atoms with Crippen LogP contribution in [0.1, 0.15) is 34.1 Å². The summed E-state index contributed by atoms with van der Waals surface area (Å²) in [7, 11) is 1.31. The van der Waals surface area contributed by atoms with Crippen molar-refractivity contribution < 1.29 is 19.4 Å². The van der Waals surface area contributed by atoms with E-state index in [4.69, 9.17) is 5.11 Å². The Balaban J connectivity index is 4.66. The Labute approximate surface area is 90.6 Å². The molecule has 15 heavy (non-hydrogen) atoms. The van der Waals surface area contributed by atoms with Crippen LogP contribution in [0.15, 0.2) is 0 Å². The first-order chi connectivity index (χ1) is 6.72. The quantitative estimate of drug-likeness (QED) is 0.713. The second kappa shape index (κ2) is 5.14. The van der Waals surface area contributed by atoms with Crippen LogP contribution in [0.3, 0.4) is 0 Å². The lowest BCUT2D eigenvalue weighted by Crippen LogP contribution is -2.33. The van der Waals surface area contributed by atoms with E-state index in [1.807, 2.05) is 13.8 Å². The molecular formula is C11H20O4. The Hall–Kier alpha value is -1.06. The van der Waals surface area contributed by atoms with E-state index in [1.165, 1.54) is 7.11 Å². The highest BCUT2D eigenvalue weighted by molar-refractivity contribution is 5.77. The molecule has 0 saturated heterocycles. The van der Waals surface area contributed by atoms with Crippen molar-refractivity contribution in [2.45, 2.75) is 34.1 Å². The van der Waals surface area contributed by atoms with E-state index in [-0.39, 0.29) is 11.9 Å². The molecule has 88 valence electrons. The number of hydrogen-bond acceptors (Lipinski definition) is 3. The average molecular weight is 216 g/mol. The van der Waals surface area contributed by atoms with Gasteiger partial charge in [0.1, 0.15) is 0 Å². The molecule has 4 heteroatoms. The fourth-order valence-corrected chi connectivity index (χ4v) is 1.52. The lowest BCUT2D eigenvalue weighted by molar-refractivity contribution is -0.154. The van der Waals surface area contributed by atoms with Crippen LogP contribution in [0.4, 0.5) is 0 Å². The molecule has 0 fully saturated rings. The predicted molar refractivity (Wildman–Crippen MR) is 56.4 cm³/mol. The number of esters is 1. The van der Waals surface area contributed by atoms with Gasteiger partial charge in [0.15, 0.2) is 0 Å². The van der Waals surface area contributed by atoms with Crippen molar-refractivity contribution in [3.05, 3.63) is 0 Å². The zero-order valence-electron chi connectivity index (χ0n) is 10.0. The van der Waals surface area contributed by atoms with Crippen molar-refractivity contribution in [2.75, 3.05) is 7.11 Å². The summed E-state index contributed by atoms with van der Waals surface area (Å²) in [5.41, 5.74) is -0.748. The summed E-state index contributed by atoms with van der Waals surface area (Å²) < 4.78 is 4.64. The number of methoxy groups -OCH3 is 1. The van der Waals surface area contributed by atoms with Crippen LogP contribution >= 0.6 is 0 Å². The normalized spacial score (nSPS) is 13.7. The molecule has 0 spiro atoms. The maximum atomic E-state index is 11.4. The number of carbonyl (C=O) groups excluding carboxylic acids is 1. The summed E-state index contributed by atoms with van der Waals surface area (Å²) in [6.07, 6.45) is 0.298. The first-order valence-corrected chi connectivity index (χ1v) is 5.03. The smallest absolute Gasteiger partial charge is 0.311 e. The maximum absolute atomic E-state index is 11.4. The molecule has 0 radical (unpaired) electrons. The molecule has 1 atom stereocenters. The Morgan fingerprint density at radius 1 is 1.33 bits per heavy atom. The molecule has 0 rings (SSSR count). The van der Waals surface area contributed by atoms with Gasteiger partial charge in [0, 0.05) is 0 Å². The number of carboxylic acids is 1. The van der Waals surface area contributed by atoms with Gasteiger partial charge in [0.2, 0.25) is 0 Å². The van der Waals surface area contributed by atoms with Gasteiger partial charge in [-0.2, -0.15) is 0 Å². The summed E-state index contributed by atoms with van der Waals surface area (Å²) in [6.45, 7) is 7.09. The van der Waals surface area contributed by atoms with Crippen LogP contribution in [0.2, 0.25) is 0 Å². The zero-order valence-corrected chi connectivity index (χ0v) is 10.0. The molecule has 1 N–H and O–H groups in total. The summed E-state index contributed by atoms with van der Waals surface area (Å²) in [6, 6.07) is 0. The monoisotopic (exact) mass is 216 g/mol. The number of hydrogen-bond donors (Lipinski definition) is 1. The van der Waals surface area contributed by atoms with Crippen LogP contribution < -0.4 is 0 Å². The molecule has 4 nitrogen and oxygen atoms in total. The third kappa shape index (κ3) is 3.90. The number of ether oxygens (including phenoxy) is 1. The minimum atomic E-state index is -0.859. The summed E-state index contributed by atoms with van der Waals surface area (Å²) in [4.78, 5) is 22.4. The number of aliphatic carboxylic acids is 1. The van der Waals surface area contributed by atoms with Crippen LogP contribution in [0.5, 0.6) is 0 Å². The molecule has 0 aliphatic carbocycles. The standard InChI is InChI=1S/C11H20O4/c1-7(2)8(9(12)13)6-11(3,4)10(14)15-5/h7-8H,6H2,1-5H3,(H,12,13). The minimum Gasteiger partial charge on any atom is -0.481 e. The molecule has 0 aromatic carbocycles. The highest BCUT2D eigenvalue weighted by Crippen LogP contribution is 2.30. The predicted octanol–water partition coefficient (Wildman–Crippen LogP) is 1.93. The Kier molecular flexibility index (Phi) is 4.78. The van der Waals surface area contributed by atoms with Gasteiger partial charge in [-0.25, -0.2) is 0 Å². The molecule has 0 aliphatic heterocycles. The van der Waals surface area contributed by atoms with Gasteiger partial charge in [0.05, 0.1) is 18.4 Å². The third-order valence-electron chi connectivity index (χ3n) is 2.59. The topological polar surface area (TPSA) is 63.6 Å². The maximum Gasteiger partial charge on any atom is 0.311 e. The van der Waals surface area contributed by atoms with E-state index < -0.39 is 17.3 Å². The van der Waals surface area contributed by atoms with Crippen LogP contribution in [-0.2, 0) is 14.3 Å². The van der Waals surface area contributed by atoms with Gasteiger partial charge in [-0.05, 0) is 26.2 Å². The summed E-state index contributed by atoms with van der Waals surface area (Å²) >= 11 is 0. The molecule has 0 aromatic heterocycles. The van der Waals surface area contributed by atoms with E-state index in [9.17, 15) is 9.59 Å². The zero-order chi connectivity index (χ0) is 12.2. The second-order valence-corrected chi connectivity index (χ2v) is 4.77. The first kappa shape index (κ1) is 13.9. The molecule has 0 aliphatic rings. The SMILES string of the molecule is COC(=O)C(C)(C)CC(C(=O)O)C(C)C. The summed E-state index contributed by atoms with van der Waals surface area (Å²) in [5.74, 6) is -1.73. The molecule has 1 unspecified atom stereocenters. The van der Waals surface area contributed by atoms with Crippen molar-refractivity contribution in [3.8, 4) is 0 Å². The van der Waals surface area contributed by atoms with Crippen LogP contribution in [0.25, 0.3) is 0 Å². The van der Waals surface area contributed by atoms with E-state index in [0.717, 1.165) is 0 Å². The van der Waals surface area contributed by atoms with E-state index >= 15 is 0 Å². The van der Waals surface area contributed by atoms with Gasteiger partial charge >= 0.3 is 11.9 Å². The van der Waals surface area contributed by atoms with E-state index in [2.05, 4.69) is 4.74 Å². The van der Waals surface area contributed by atoms with Gasteiger partial charge in [-0.15, -0.1) is 0 Å². The van der Waals surface area contributed by atoms with Gasteiger partial charge in [-0.1, -0.05) is 13.8 Å². The molecule has 0 amide bonds. The van der Waals surface area contributed by atoms with Crippen LogP contribution in [0, 0.1) is 17.3 Å². The van der Waals surface area contributed by atoms with E-state index in [0.29, 0.717) is 6.42 Å². The summed E-state index contributed by atoms with van der Waals surface area (Å²) in [5, 5.41) is 9.01. The Morgan fingerprint density at radius 2 is 1.80 bits per heavy atom. The molecule has 0 bridgehead atoms. The van der Waals surface area contributed by atoms with Crippen molar-refractivity contribution in [1.29, 1.82) is 0 Å². The van der Waals surface area contributed by atoms with Crippen molar-refractivity contribution in [2.24, 2.45) is 17.3 Å². The number of rotatable bonds is 5. The fourth-order valence-electron chi connectivity index (χ4n) is 1.52. The van der Waals surface area contributed by atoms with E-state index in [1.54, 1.807) is 13.8 Å². The molecule has 0 aromatic rings. The lowest BCUT2D eigenvalue weighted by Gasteiger charge is -2.26. The third-order valence-corrected chi connectivity index (χ3v) is 2.59. The van der Waals surface area contributed by atoms with Gasteiger partial charge in [-0.3, -0.25) is 9.59 Å². The van der Waals surface area contributed by atoms with Gasteiger partial charge < -0.3 is 9.84 Å². The Bertz CT molecular complexity index is 243. The van der Waals surface area contributed by atoms with Crippen LogP contribution in [-0.4, -0.2) is 24.2 Å². The van der Waals surface area contributed by atoms with Crippen molar-refractivity contribution in [3.63, 3.8) is 0 Å². The highest BCUT2D eigenvalue weighted by atomic mass is 16.5. The molecule has 0 saturated carbocycles. The van der Waals surface area contributed by atoms with Crippen molar-refractivity contribution >= 4 is 11.9 Å². The Morgan fingerprint density at radius 3 is 2.07 bits per heavy atom. The lowest BCUT2D eigenvalue weighted by atomic mass is 9.78.